The Morgan fingerprint density at radius 3 is 2.56 bits per heavy atom. The van der Waals surface area contributed by atoms with Gasteiger partial charge in [-0.3, -0.25) is 0 Å². The van der Waals surface area contributed by atoms with Crippen molar-refractivity contribution in [2.24, 2.45) is 21.3 Å². The van der Waals surface area contributed by atoms with E-state index in [1.165, 1.54) is 12.8 Å². The number of hydrogen-bond acceptors (Lipinski definition) is 4. The summed E-state index contributed by atoms with van der Waals surface area (Å²) in [6.45, 7) is 0.561. The van der Waals surface area contributed by atoms with E-state index in [-0.39, 0.29) is 11.5 Å². The van der Waals surface area contributed by atoms with Crippen molar-refractivity contribution in [1.29, 1.82) is 0 Å². The van der Waals surface area contributed by atoms with Crippen LogP contribution in [0.15, 0.2) is 9.98 Å². The molecule has 3 aliphatic rings. The van der Waals surface area contributed by atoms with Crippen molar-refractivity contribution in [3.05, 3.63) is 0 Å². The van der Waals surface area contributed by atoms with Gasteiger partial charge < -0.3 is 0 Å². The lowest BCUT2D eigenvalue weighted by molar-refractivity contribution is 0.0417. The number of nitrogens with zero attached hydrogens (tertiary/aromatic N) is 2. The quantitative estimate of drug-likeness (QED) is 0.537. The Bertz CT molecular complexity index is 346. The molecule has 0 amide bonds. The highest BCUT2D eigenvalue weighted by atomic mass is 16.1. The molecule has 0 heterocycles. The van der Waals surface area contributed by atoms with Crippen molar-refractivity contribution in [3.63, 3.8) is 0 Å². The summed E-state index contributed by atoms with van der Waals surface area (Å²) in [6, 6.07) is 0.167. The van der Waals surface area contributed by atoms with E-state index >= 15 is 0 Å². The standard InChI is InChI=1S/C12H16N2O2/c15-8-13-6-5-12-3-1-10(2-4-12)11(7-12)14-9-16/h10-11H,1-7H2. The summed E-state index contributed by atoms with van der Waals surface area (Å²) in [5.74, 6) is 0.581. The van der Waals surface area contributed by atoms with Crippen LogP contribution in [0.3, 0.4) is 0 Å². The van der Waals surface area contributed by atoms with Crippen LogP contribution in [0.5, 0.6) is 0 Å². The van der Waals surface area contributed by atoms with E-state index in [9.17, 15) is 9.59 Å². The van der Waals surface area contributed by atoms with Crippen molar-refractivity contribution >= 4 is 12.2 Å². The van der Waals surface area contributed by atoms with Crippen molar-refractivity contribution < 1.29 is 9.59 Å². The van der Waals surface area contributed by atoms with Crippen LogP contribution in [0.25, 0.3) is 0 Å². The topological polar surface area (TPSA) is 58.9 Å². The molecule has 16 heavy (non-hydrogen) atoms. The first kappa shape index (κ1) is 11.3. The highest BCUT2D eigenvalue weighted by Crippen LogP contribution is 2.53. The summed E-state index contributed by atoms with van der Waals surface area (Å²) in [4.78, 5) is 28.0. The molecule has 3 fully saturated rings. The van der Waals surface area contributed by atoms with Gasteiger partial charge >= 0.3 is 0 Å². The number of isocyanates is 2. The third-order valence-electron chi connectivity index (χ3n) is 4.31. The van der Waals surface area contributed by atoms with Crippen LogP contribution in [0, 0.1) is 11.3 Å². The number of aliphatic imine (C=N–C) groups is 2. The zero-order valence-electron chi connectivity index (χ0n) is 9.32. The molecule has 1 atom stereocenters. The zero-order chi connectivity index (χ0) is 11.4. The molecule has 1 unspecified atom stereocenters. The number of rotatable bonds is 4. The summed E-state index contributed by atoms with van der Waals surface area (Å²) in [6.07, 6.45) is 9.88. The zero-order valence-corrected chi connectivity index (χ0v) is 9.32. The largest absolute Gasteiger partial charge is 0.235 e. The van der Waals surface area contributed by atoms with Crippen LogP contribution in [-0.4, -0.2) is 24.7 Å². The second-order valence-corrected chi connectivity index (χ2v) is 5.05. The van der Waals surface area contributed by atoms with E-state index in [0.717, 1.165) is 25.7 Å². The molecule has 0 radical (unpaired) electrons. The predicted octanol–water partition coefficient (Wildman–Crippen LogP) is 2.00. The van der Waals surface area contributed by atoms with Gasteiger partial charge in [0.25, 0.3) is 0 Å². The lowest BCUT2D eigenvalue weighted by atomic mass is 9.57. The summed E-state index contributed by atoms with van der Waals surface area (Å²) in [5, 5.41) is 0. The number of fused-ring (bicyclic) bond motifs is 3. The van der Waals surface area contributed by atoms with Gasteiger partial charge in [0, 0.05) is 0 Å². The summed E-state index contributed by atoms with van der Waals surface area (Å²) < 4.78 is 0. The summed E-state index contributed by atoms with van der Waals surface area (Å²) in [7, 11) is 0. The second kappa shape index (κ2) is 4.73. The fourth-order valence-electron chi connectivity index (χ4n) is 3.36. The second-order valence-electron chi connectivity index (χ2n) is 5.05. The van der Waals surface area contributed by atoms with Gasteiger partial charge in [-0.15, -0.1) is 0 Å². The maximum atomic E-state index is 10.4. The first-order valence-corrected chi connectivity index (χ1v) is 5.90. The molecule has 86 valence electrons. The molecule has 0 aromatic heterocycles. The Labute approximate surface area is 94.9 Å². The van der Waals surface area contributed by atoms with E-state index in [0.29, 0.717) is 12.5 Å². The molecule has 0 N–H and O–H groups in total. The minimum Gasteiger partial charge on any atom is -0.211 e. The SMILES string of the molecule is O=C=NCCC12CCC(CC1)C(N=C=O)C2. The third-order valence-corrected chi connectivity index (χ3v) is 4.31. The molecule has 4 nitrogen and oxygen atoms in total. The van der Waals surface area contributed by atoms with Crippen LogP contribution in [0.4, 0.5) is 0 Å². The van der Waals surface area contributed by atoms with Gasteiger partial charge in [0.1, 0.15) is 0 Å². The smallest absolute Gasteiger partial charge is 0.211 e. The van der Waals surface area contributed by atoms with Gasteiger partial charge in [-0.2, -0.15) is 0 Å². The Kier molecular flexibility index (Phi) is 3.33. The maximum Gasteiger partial charge on any atom is 0.235 e. The molecule has 2 bridgehead atoms. The van der Waals surface area contributed by atoms with E-state index in [4.69, 9.17) is 0 Å². The molecule has 4 heteroatoms. The predicted molar refractivity (Wildman–Crippen MR) is 58.5 cm³/mol. The van der Waals surface area contributed by atoms with Gasteiger partial charge in [0.15, 0.2) is 0 Å². The lowest BCUT2D eigenvalue weighted by Crippen LogP contribution is -2.42. The maximum absolute atomic E-state index is 10.4. The highest BCUT2D eigenvalue weighted by Gasteiger charge is 2.45. The van der Waals surface area contributed by atoms with Crippen molar-refractivity contribution in [2.75, 3.05) is 6.54 Å². The van der Waals surface area contributed by atoms with Gasteiger partial charge in [0.2, 0.25) is 12.2 Å². The van der Waals surface area contributed by atoms with Gasteiger partial charge in [-0.1, -0.05) is 0 Å². The van der Waals surface area contributed by atoms with Crippen molar-refractivity contribution in [1.82, 2.24) is 0 Å². The van der Waals surface area contributed by atoms with Crippen LogP contribution >= 0.6 is 0 Å². The Hall–Kier alpha value is -1.24. The third kappa shape index (κ3) is 2.13. The van der Waals surface area contributed by atoms with Gasteiger partial charge in [-0.25, -0.2) is 19.6 Å². The highest BCUT2D eigenvalue weighted by molar-refractivity contribution is 5.34. The van der Waals surface area contributed by atoms with E-state index in [1.54, 1.807) is 12.2 Å². The van der Waals surface area contributed by atoms with E-state index < -0.39 is 0 Å². The molecule has 3 saturated carbocycles. The fourth-order valence-corrected chi connectivity index (χ4v) is 3.36. The van der Waals surface area contributed by atoms with Gasteiger partial charge in [-0.05, 0) is 49.9 Å². The molecular formula is C12H16N2O2. The van der Waals surface area contributed by atoms with Crippen molar-refractivity contribution in [3.8, 4) is 0 Å². The van der Waals surface area contributed by atoms with Gasteiger partial charge in [0.05, 0.1) is 12.6 Å². The van der Waals surface area contributed by atoms with Crippen molar-refractivity contribution in [2.45, 2.75) is 44.6 Å². The lowest BCUT2D eigenvalue weighted by Gasteiger charge is -2.49. The Morgan fingerprint density at radius 1 is 1.19 bits per heavy atom. The monoisotopic (exact) mass is 220 g/mol. The molecule has 0 aliphatic heterocycles. The first-order chi connectivity index (χ1) is 7.79. The normalized spacial score (nSPS) is 36.2. The van der Waals surface area contributed by atoms with Crippen LogP contribution in [0.1, 0.15) is 38.5 Å². The molecule has 3 aliphatic carbocycles. The van der Waals surface area contributed by atoms with E-state index in [1.807, 2.05) is 0 Å². The Balaban J connectivity index is 2.03. The summed E-state index contributed by atoms with van der Waals surface area (Å²) >= 11 is 0. The average Bonchev–Trinajstić information content (AvgIpc) is 2.31. The molecule has 0 aromatic rings. The molecule has 0 saturated heterocycles. The Morgan fingerprint density at radius 2 is 1.94 bits per heavy atom. The first-order valence-electron chi connectivity index (χ1n) is 5.90. The minimum atomic E-state index is 0.167. The number of carbonyl (C=O) groups excluding carboxylic acids is 2. The van der Waals surface area contributed by atoms with Crippen LogP contribution in [0.2, 0.25) is 0 Å². The molecule has 0 spiro atoms. The van der Waals surface area contributed by atoms with Crippen LogP contribution < -0.4 is 0 Å². The number of hydrogen-bond donors (Lipinski definition) is 0. The molecular weight excluding hydrogens is 204 g/mol. The van der Waals surface area contributed by atoms with Crippen LogP contribution in [-0.2, 0) is 9.59 Å². The molecule has 0 aromatic carbocycles. The minimum absolute atomic E-state index is 0.167. The van der Waals surface area contributed by atoms with E-state index in [2.05, 4.69) is 9.98 Å². The average molecular weight is 220 g/mol. The molecule has 3 rings (SSSR count). The summed E-state index contributed by atoms with van der Waals surface area (Å²) in [5.41, 5.74) is 0.264. The fraction of sp³-hybridized carbons (Fsp3) is 0.833.